The van der Waals surface area contributed by atoms with Crippen LogP contribution in [0.4, 0.5) is 0 Å². The van der Waals surface area contributed by atoms with Crippen molar-refractivity contribution in [3.8, 4) is 5.75 Å². The summed E-state index contributed by atoms with van der Waals surface area (Å²) in [6, 6.07) is 14.8. The standard InChI is InChI=1S/C34H40N6O3/c1-8-26-19-40(18-25-14-29-23(15-30(25)43-26)16-35-38(29)6)17-24-13-22(10-9-20(24)2)31(34(4,5)33(41)42)27-11-12-28-32(21(27)3)36-37-39(28)7/h9-16,26,31H,8,17-19H2,1-7H3,(H,41,42)/t26-,31?/m1/s1. The van der Waals surface area contributed by atoms with Crippen LogP contribution in [0.5, 0.6) is 5.75 Å². The second-order valence-corrected chi connectivity index (χ2v) is 12.6. The SMILES string of the molecule is CC[C@@H]1CN(Cc2cc(C(c3ccc4c(nnn4C)c3C)C(C)(C)C(=O)O)ccc2C)Cc2cc3c(cnn3C)cc2O1. The van der Waals surface area contributed by atoms with Gasteiger partial charge in [-0.25, -0.2) is 4.68 Å². The van der Waals surface area contributed by atoms with Gasteiger partial charge in [0.05, 0.1) is 22.6 Å². The molecule has 2 atom stereocenters. The van der Waals surface area contributed by atoms with E-state index in [4.69, 9.17) is 4.74 Å². The molecule has 0 aliphatic carbocycles. The van der Waals surface area contributed by atoms with Crippen molar-refractivity contribution in [2.75, 3.05) is 6.54 Å². The maximum absolute atomic E-state index is 12.7. The van der Waals surface area contributed by atoms with Gasteiger partial charge in [-0.3, -0.25) is 14.4 Å². The lowest BCUT2D eigenvalue weighted by atomic mass is 9.69. The number of nitrogens with zero attached hydrogens (tertiary/aromatic N) is 6. The van der Waals surface area contributed by atoms with Gasteiger partial charge in [-0.1, -0.05) is 36.4 Å². The minimum atomic E-state index is -1.07. The van der Waals surface area contributed by atoms with Gasteiger partial charge >= 0.3 is 5.97 Å². The summed E-state index contributed by atoms with van der Waals surface area (Å²) in [5, 5.41) is 24.5. The number of fused-ring (bicyclic) bond motifs is 3. The minimum Gasteiger partial charge on any atom is -0.489 e. The van der Waals surface area contributed by atoms with E-state index in [0.29, 0.717) is 0 Å². The Balaban J connectivity index is 1.40. The van der Waals surface area contributed by atoms with E-state index in [1.54, 1.807) is 4.68 Å². The van der Waals surface area contributed by atoms with Crippen molar-refractivity contribution >= 4 is 27.9 Å². The van der Waals surface area contributed by atoms with E-state index in [2.05, 4.69) is 64.5 Å². The molecule has 43 heavy (non-hydrogen) atoms. The summed E-state index contributed by atoms with van der Waals surface area (Å²) in [5.74, 6) is -0.296. The highest BCUT2D eigenvalue weighted by Crippen LogP contribution is 2.44. The van der Waals surface area contributed by atoms with Crippen LogP contribution in [0.25, 0.3) is 21.9 Å². The smallest absolute Gasteiger partial charge is 0.310 e. The maximum atomic E-state index is 12.7. The molecule has 3 heterocycles. The van der Waals surface area contributed by atoms with Gasteiger partial charge in [0.15, 0.2) is 0 Å². The fraction of sp³-hybridized carbons (Fsp3) is 0.412. The van der Waals surface area contributed by atoms with Gasteiger partial charge in [-0.2, -0.15) is 5.10 Å². The van der Waals surface area contributed by atoms with E-state index in [0.717, 1.165) is 76.0 Å². The van der Waals surface area contributed by atoms with Crippen LogP contribution in [0.3, 0.4) is 0 Å². The number of aryl methyl sites for hydroxylation is 4. The summed E-state index contributed by atoms with van der Waals surface area (Å²) in [6.45, 7) is 12.2. The first-order valence-electron chi connectivity index (χ1n) is 14.9. The van der Waals surface area contributed by atoms with Crippen LogP contribution < -0.4 is 4.74 Å². The molecular weight excluding hydrogens is 540 g/mol. The van der Waals surface area contributed by atoms with Crippen molar-refractivity contribution in [2.24, 2.45) is 19.5 Å². The van der Waals surface area contributed by atoms with Crippen LogP contribution in [0, 0.1) is 19.3 Å². The maximum Gasteiger partial charge on any atom is 0.310 e. The molecule has 1 unspecified atom stereocenters. The lowest BCUT2D eigenvalue weighted by molar-refractivity contribution is -0.147. The summed E-state index contributed by atoms with van der Waals surface area (Å²) >= 11 is 0. The van der Waals surface area contributed by atoms with Crippen molar-refractivity contribution in [2.45, 2.75) is 66.2 Å². The third-order valence-corrected chi connectivity index (χ3v) is 9.30. The van der Waals surface area contributed by atoms with Crippen molar-refractivity contribution in [3.05, 3.63) is 82.0 Å². The molecule has 9 nitrogen and oxygen atoms in total. The van der Waals surface area contributed by atoms with Crippen molar-refractivity contribution in [1.82, 2.24) is 29.7 Å². The predicted octanol–water partition coefficient (Wildman–Crippen LogP) is 5.89. The molecule has 6 rings (SSSR count). The number of carbonyl (C=O) groups is 1. The molecule has 0 saturated heterocycles. The third-order valence-electron chi connectivity index (χ3n) is 9.30. The van der Waals surface area contributed by atoms with E-state index in [-0.39, 0.29) is 12.0 Å². The molecule has 2 aromatic heterocycles. The van der Waals surface area contributed by atoms with Crippen LogP contribution in [0.1, 0.15) is 66.5 Å². The van der Waals surface area contributed by atoms with E-state index in [1.807, 2.05) is 57.9 Å². The number of carboxylic acids is 1. The van der Waals surface area contributed by atoms with Gasteiger partial charge in [0.2, 0.25) is 0 Å². The Morgan fingerprint density at radius 1 is 1.09 bits per heavy atom. The molecular formula is C34H40N6O3. The van der Waals surface area contributed by atoms with Crippen molar-refractivity contribution < 1.29 is 14.6 Å². The quantitative estimate of drug-likeness (QED) is 0.256. The van der Waals surface area contributed by atoms with Crippen LogP contribution in [-0.4, -0.2) is 53.4 Å². The Morgan fingerprint density at radius 3 is 2.63 bits per heavy atom. The number of aliphatic carboxylic acids is 1. The molecule has 1 N–H and O–H groups in total. The molecule has 1 aliphatic rings. The Kier molecular flexibility index (Phi) is 7.24. The van der Waals surface area contributed by atoms with Gasteiger partial charge in [-0.05, 0) is 80.1 Å². The topological polar surface area (TPSA) is 98.3 Å². The molecule has 0 saturated carbocycles. The van der Waals surface area contributed by atoms with Crippen LogP contribution >= 0.6 is 0 Å². The highest BCUT2D eigenvalue weighted by molar-refractivity contribution is 5.82. The summed E-state index contributed by atoms with van der Waals surface area (Å²) in [6.07, 6.45) is 2.86. The highest BCUT2D eigenvalue weighted by Gasteiger charge is 2.40. The zero-order valence-electron chi connectivity index (χ0n) is 26.0. The zero-order chi connectivity index (χ0) is 30.6. The Labute approximate surface area is 252 Å². The van der Waals surface area contributed by atoms with Gasteiger partial charge in [0.1, 0.15) is 17.4 Å². The van der Waals surface area contributed by atoms with Gasteiger partial charge < -0.3 is 9.84 Å². The Bertz CT molecular complexity index is 1850. The zero-order valence-corrected chi connectivity index (χ0v) is 26.0. The molecule has 5 aromatic rings. The third kappa shape index (κ3) is 5.05. The fourth-order valence-corrected chi connectivity index (χ4v) is 6.55. The summed E-state index contributed by atoms with van der Waals surface area (Å²) in [4.78, 5) is 15.2. The Hall–Kier alpha value is -4.24. The normalized spacial score (nSPS) is 16.7. The Morgan fingerprint density at radius 2 is 1.88 bits per heavy atom. The largest absolute Gasteiger partial charge is 0.489 e. The van der Waals surface area contributed by atoms with Gasteiger partial charge in [0, 0.05) is 50.6 Å². The number of benzene rings is 3. The summed E-state index contributed by atoms with van der Waals surface area (Å²) in [7, 11) is 3.83. The number of aromatic nitrogens is 5. The number of hydrogen-bond acceptors (Lipinski definition) is 6. The molecule has 224 valence electrons. The second kappa shape index (κ2) is 10.8. The number of ether oxygens (including phenoxy) is 1. The van der Waals surface area contributed by atoms with Crippen molar-refractivity contribution in [1.29, 1.82) is 0 Å². The average molecular weight is 581 g/mol. The van der Waals surface area contributed by atoms with E-state index in [1.165, 1.54) is 11.1 Å². The number of rotatable bonds is 7. The lowest BCUT2D eigenvalue weighted by Gasteiger charge is -2.33. The number of carboxylic acid groups (broad SMARTS) is 1. The van der Waals surface area contributed by atoms with Crippen LogP contribution in [-0.2, 0) is 32.0 Å². The second-order valence-electron chi connectivity index (χ2n) is 12.6. The first-order chi connectivity index (χ1) is 20.5. The highest BCUT2D eigenvalue weighted by atomic mass is 16.5. The molecule has 0 bridgehead atoms. The molecule has 0 fully saturated rings. The van der Waals surface area contributed by atoms with Gasteiger partial charge in [-0.15, -0.1) is 5.10 Å². The molecule has 3 aromatic carbocycles. The van der Waals surface area contributed by atoms with Gasteiger partial charge in [0.25, 0.3) is 0 Å². The summed E-state index contributed by atoms with van der Waals surface area (Å²) < 4.78 is 10.2. The monoisotopic (exact) mass is 580 g/mol. The van der Waals surface area contributed by atoms with E-state index >= 15 is 0 Å². The number of hydrogen-bond donors (Lipinski definition) is 1. The minimum absolute atomic E-state index is 0.0684. The van der Waals surface area contributed by atoms with E-state index < -0.39 is 11.4 Å². The summed E-state index contributed by atoms with van der Waals surface area (Å²) in [5.41, 5.74) is 8.16. The molecule has 0 radical (unpaired) electrons. The van der Waals surface area contributed by atoms with Crippen molar-refractivity contribution in [3.63, 3.8) is 0 Å². The lowest BCUT2D eigenvalue weighted by Crippen LogP contribution is -2.33. The fourth-order valence-electron chi connectivity index (χ4n) is 6.55. The molecule has 0 spiro atoms. The average Bonchev–Trinajstić information content (AvgIpc) is 3.47. The van der Waals surface area contributed by atoms with Crippen LogP contribution in [0.15, 0.2) is 48.7 Å². The molecule has 0 amide bonds. The first-order valence-corrected chi connectivity index (χ1v) is 14.9. The molecule has 9 heteroatoms. The first kappa shape index (κ1) is 28.9. The van der Waals surface area contributed by atoms with E-state index in [9.17, 15) is 9.90 Å². The predicted molar refractivity (Wildman–Crippen MR) is 167 cm³/mol. The van der Waals surface area contributed by atoms with Crippen LogP contribution in [0.2, 0.25) is 0 Å². The molecule has 1 aliphatic heterocycles.